The summed E-state index contributed by atoms with van der Waals surface area (Å²) in [6, 6.07) is 19.2. The summed E-state index contributed by atoms with van der Waals surface area (Å²) in [5.41, 5.74) is 2.87. The first-order chi connectivity index (χ1) is 10.3. The number of methoxy groups -OCH3 is 1. The molecule has 1 unspecified atom stereocenters. The zero-order chi connectivity index (χ0) is 14.9. The van der Waals surface area contributed by atoms with Crippen LogP contribution in [0, 0.1) is 5.92 Å². The van der Waals surface area contributed by atoms with Gasteiger partial charge in [0.2, 0.25) is 0 Å². The van der Waals surface area contributed by atoms with Crippen molar-refractivity contribution in [1.29, 1.82) is 0 Å². The monoisotopic (exact) mass is 318 g/mol. The van der Waals surface area contributed by atoms with Crippen LogP contribution in [0.2, 0.25) is 0 Å². The number of aryl methyl sites for hydroxylation is 2. The van der Waals surface area contributed by atoms with E-state index in [1.54, 1.807) is 7.11 Å². The first kappa shape index (κ1) is 18.6. The fourth-order valence-corrected chi connectivity index (χ4v) is 2.65. The zero-order valence-electron chi connectivity index (χ0n) is 13.6. The fourth-order valence-electron chi connectivity index (χ4n) is 2.65. The Labute approximate surface area is 141 Å². The lowest BCUT2D eigenvalue weighted by molar-refractivity contribution is 0.414. The molecule has 2 aromatic carbocycles. The molecule has 0 amide bonds. The van der Waals surface area contributed by atoms with E-state index in [0.29, 0.717) is 0 Å². The standard InChI is InChI=1S/C20H26O.ClH/c1-17(7-6-10-18-8-4-3-5-9-18)11-12-19-13-15-20(21-2)16-14-19;/h3-5,8-9,13-17H,6-7,10-12H2,1-2H3;1H. The summed E-state index contributed by atoms with van der Waals surface area (Å²) in [6.45, 7) is 2.37. The average molecular weight is 319 g/mol. The van der Waals surface area contributed by atoms with Crippen LogP contribution >= 0.6 is 12.4 Å². The molecule has 1 nitrogen and oxygen atoms in total. The Morgan fingerprint density at radius 3 is 2.09 bits per heavy atom. The fraction of sp³-hybridized carbons (Fsp3) is 0.400. The van der Waals surface area contributed by atoms with Crippen molar-refractivity contribution in [3.8, 4) is 5.75 Å². The van der Waals surface area contributed by atoms with Crippen LogP contribution in [-0.4, -0.2) is 7.11 Å². The molecule has 2 heteroatoms. The Morgan fingerprint density at radius 2 is 1.45 bits per heavy atom. The van der Waals surface area contributed by atoms with Crippen molar-refractivity contribution in [1.82, 2.24) is 0 Å². The third-order valence-corrected chi connectivity index (χ3v) is 4.09. The summed E-state index contributed by atoms with van der Waals surface area (Å²) >= 11 is 0. The number of ether oxygens (including phenoxy) is 1. The maximum atomic E-state index is 5.19. The molecule has 120 valence electrons. The number of hydrogen-bond donors (Lipinski definition) is 0. The predicted octanol–water partition coefficient (Wildman–Crippen LogP) is 5.71. The van der Waals surface area contributed by atoms with Gasteiger partial charge in [-0.25, -0.2) is 0 Å². The summed E-state index contributed by atoms with van der Waals surface area (Å²) in [6.07, 6.45) is 6.23. The van der Waals surface area contributed by atoms with Gasteiger partial charge in [0.1, 0.15) is 5.75 Å². The van der Waals surface area contributed by atoms with Gasteiger partial charge in [-0.05, 0) is 54.9 Å². The highest BCUT2D eigenvalue weighted by Gasteiger charge is 2.04. The zero-order valence-corrected chi connectivity index (χ0v) is 14.4. The minimum absolute atomic E-state index is 0. The van der Waals surface area contributed by atoms with Crippen LogP contribution in [0.1, 0.15) is 37.3 Å². The summed E-state index contributed by atoms with van der Waals surface area (Å²) in [7, 11) is 1.71. The number of rotatable bonds is 8. The van der Waals surface area contributed by atoms with Crippen LogP contribution in [0.4, 0.5) is 0 Å². The molecule has 0 saturated carbocycles. The van der Waals surface area contributed by atoms with Crippen molar-refractivity contribution in [2.24, 2.45) is 5.92 Å². The van der Waals surface area contributed by atoms with Crippen molar-refractivity contribution in [2.75, 3.05) is 7.11 Å². The molecule has 2 rings (SSSR count). The normalized spacial score (nSPS) is 11.5. The van der Waals surface area contributed by atoms with Gasteiger partial charge in [0.25, 0.3) is 0 Å². The van der Waals surface area contributed by atoms with Crippen LogP contribution in [0.25, 0.3) is 0 Å². The minimum atomic E-state index is 0. The van der Waals surface area contributed by atoms with Crippen molar-refractivity contribution in [3.63, 3.8) is 0 Å². The van der Waals surface area contributed by atoms with Gasteiger partial charge in [-0.1, -0.05) is 55.8 Å². The lowest BCUT2D eigenvalue weighted by Gasteiger charge is -2.11. The van der Waals surface area contributed by atoms with Gasteiger partial charge in [0.15, 0.2) is 0 Å². The Hall–Kier alpha value is -1.47. The summed E-state index contributed by atoms with van der Waals surface area (Å²) < 4.78 is 5.19. The maximum absolute atomic E-state index is 5.19. The van der Waals surface area contributed by atoms with E-state index in [1.807, 2.05) is 0 Å². The van der Waals surface area contributed by atoms with E-state index in [4.69, 9.17) is 4.74 Å². The van der Waals surface area contributed by atoms with Gasteiger partial charge in [0.05, 0.1) is 7.11 Å². The first-order valence-corrected chi connectivity index (χ1v) is 7.95. The van der Waals surface area contributed by atoms with E-state index in [2.05, 4.69) is 61.5 Å². The van der Waals surface area contributed by atoms with Gasteiger partial charge in [-0.3, -0.25) is 0 Å². The second-order valence-electron chi connectivity index (χ2n) is 5.87. The predicted molar refractivity (Wildman–Crippen MR) is 97.1 cm³/mol. The molecule has 22 heavy (non-hydrogen) atoms. The van der Waals surface area contributed by atoms with E-state index in [0.717, 1.165) is 18.1 Å². The molecular weight excluding hydrogens is 292 g/mol. The quantitative estimate of drug-likeness (QED) is 0.606. The highest BCUT2D eigenvalue weighted by Crippen LogP contribution is 2.18. The van der Waals surface area contributed by atoms with E-state index in [9.17, 15) is 0 Å². The Bertz CT molecular complexity index is 507. The second-order valence-corrected chi connectivity index (χ2v) is 5.87. The van der Waals surface area contributed by atoms with E-state index < -0.39 is 0 Å². The van der Waals surface area contributed by atoms with Crippen LogP contribution in [-0.2, 0) is 12.8 Å². The van der Waals surface area contributed by atoms with Crippen molar-refractivity contribution < 1.29 is 4.74 Å². The summed E-state index contributed by atoms with van der Waals surface area (Å²) in [5.74, 6) is 1.73. The maximum Gasteiger partial charge on any atom is 0.118 e. The number of hydrogen-bond acceptors (Lipinski definition) is 1. The highest BCUT2D eigenvalue weighted by atomic mass is 35.5. The second kappa shape index (κ2) is 10.3. The Balaban J connectivity index is 0.00000242. The molecular formula is C20H27ClO. The number of halogens is 1. The van der Waals surface area contributed by atoms with Crippen molar-refractivity contribution in [3.05, 3.63) is 65.7 Å². The highest BCUT2D eigenvalue weighted by molar-refractivity contribution is 5.85. The van der Waals surface area contributed by atoms with Crippen LogP contribution in [0.5, 0.6) is 5.75 Å². The molecule has 0 radical (unpaired) electrons. The van der Waals surface area contributed by atoms with E-state index in [-0.39, 0.29) is 12.4 Å². The summed E-state index contributed by atoms with van der Waals surface area (Å²) in [5, 5.41) is 0. The SMILES string of the molecule is COc1ccc(CCC(C)CCCc2ccccc2)cc1.Cl. The minimum Gasteiger partial charge on any atom is -0.497 e. The lowest BCUT2D eigenvalue weighted by Crippen LogP contribution is -1.99. The molecule has 0 N–H and O–H groups in total. The molecule has 1 atom stereocenters. The third kappa shape index (κ3) is 6.53. The van der Waals surface area contributed by atoms with Gasteiger partial charge < -0.3 is 4.74 Å². The van der Waals surface area contributed by atoms with Crippen molar-refractivity contribution in [2.45, 2.75) is 39.0 Å². The molecule has 0 saturated heterocycles. The van der Waals surface area contributed by atoms with Crippen LogP contribution in [0.15, 0.2) is 54.6 Å². The Morgan fingerprint density at radius 1 is 0.818 bits per heavy atom. The average Bonchev–Trinajstić information content (AvgIpc) is 2.54. The van der Waals surface area contributed by atoms with E-state index >= 15 is 0 Å². The summed E-state index contributed by atoms with van der Waals surface area (Å²) in [4.78, 5) is 0. The van der Waals surface area contributed by atoms with Gasteiger partial charge in [0, 0.05) is 0 Å². The number of benzene rings is 2. The molecule has 2 aromatic rings. The molecule has 0 heterocycles. The lowest BCUT2D eigenvalue weighted by atomic mass is 9.95. The molecule has 0 aliphatic heterocycles. The molecule has 0 aromatic heterocycles. The smallest absolute Gasteiger partial charge is 0.118 e. The largest absolute Gasteiger partial charge is 0.497 e. The van der Waals surface area contributed by atoms with Gasteiger partial charge in [-0.2, -0.15) is 0 Å². The van der Waals surface area contributed by atoms with E-state index in [1.165, 1.54) is 36.8 Å². The Kier molecular flexibility index (Phi) is 8.69. The third-order valence-electron chi connectivity index (χ3n) is 4.09. The van der Waals surface area contributed by atoms with Crippen LogP contribution in [0.3, 0.4) is 0 Å². The molecule has 0 bridgehead atoms. The molecule has 0 spiro atoms. The van der Waals surface area contributed by atoms with Gasteiger partial charge >= 0.3 is 0 Å². The molecule has 0 aliphatic rings. The van der Waals surface area contributed by atoms with Crippen LogP contribution < -0.4 is 4.74 Å². The topological polar surface area (TPSA) is 9.23 Å². The van der Waals surface area contributed by atoms with Gasteiger partial charge in [-0.15, -0.1) is 12.4 Å². The first-order valence-electron chi connectivity index (χ1n) is 7.95. The molecule has 0 aliphatic carbocycles. The van der Waals surface area contributed by atoms with Crippen molar-refractivity contribution >= 4 is 12.4 Å². The molecule has 0 fully saturated rings.